The number of nitrogens with zero attached hydrogens (tertiary/aromatic N) is 1. The summed E-state index contributed by atoms with van der Waals surface area (Å²) in [5.74, 6) is -0.0523. The molecule has 0 aliphatic carbocycles. The summed E-state index contributed by atoms with van der Waals surface area (Å²) in [6.07, 6.45) is 1.39. The van der Waals surface area contributed by atoms with Gasteiger partial charge in [-0.2, -0.15) is 11.8 Å². The molecule has 9 heteroatoms. The average molecular weight is 338 g/mol. The molecule has 122 valence electrons. The highest BCUT2D eigenvalue weighted by Crippen LogP contribution is 2.20. The summed E-state index contributed by atoms with van der Waals surface area (Å²) in [7, 11) is -3.40. The number of rotatable bonds is 5. The predicted molar refractivity (Wildman–Crippen MR) is 82.1 cm³/mol. The lowest BCUT2D eigenvalue weighted by Crippen LogP contribution is -2.56. The van der Waals surface area contributed by atoms with E-state index in [9.17, 15) is 18.0 Å². The van der Waals surface area contributed by atoms with Crippen molar-refractivity contribution in [3.63, 3.8) is 0 Å². The van der Waals surface area contributed by atoms with E-state index in [1.165, 1.54) is 16.7 Å². The van der Waals surface area contributed by atoms with E-state index in [1.54, 1.807) is 0 Å². The van der Waals surface area contributed by atoms with E-state index in [0.29, 0.717) is 24.5 Å². The molecule has 2 atom stereocenters. The Morgan fingerprint density at radius 2 is 2.05 bits per heavy atom. The van der Waals surface area contributed by atoms with Gasteiger partial charge in [-0.3, -0.25) is 0 Å². The van der Waals surface area contributed by atoms with Gasteiger partial charge in [0.25, 0.3) is 0 Å². The maximum Gasteiger partial charge on any atom is 0.326 e. The molecular weight excluding hydrogens is 316 g/mol. The highest BCUT2D eigenvalue weighted by molar-refractivity contribution is 8.00. The van der Waals surface area contributed by atoms with Crippen LogP contribution < -0.4 is 5.32 Å². The molecule has 1 unspecified atom stereocenters. The van der Waals surface area contributed by atoms with Crippen molar-refractivity contribution >= 4 is 33.6 Å². The fraction of sp³-hybridized carbons (Fsp3) is 0.833. The lowest BCUT2D eigenvalue weighted by atomic mass is 10.0. The number of thioether (sulfide) groups is 1. The second-order valence-electron chi connectivity index (χ2n) is 5.52. The standard InChI is InChI=1S/C12H22N2O5S2/c1-8(2)6-9(11(15)16)13-12(17)14-4-5-20-7-10(14)21(3,18)19/h8-10H,4-7H2,1-3H3,(H,13,17)(H,15,16)/t9-,10?/m0/s1. The Labute approximate surface area is 129 Å². The number of carbonyl (C=O) groups excluding carboxylic acids is 1. The van der Waals surface area contributed by atoms with Gasteiger partial charge in [0.15, 0.2) is 9.84 Å². The highest BCUT2D eigenvalue weighted by Gasteiger charge is 2.35. The Bertz CT molecular complexity index is 492. The predicted octanol–water partition coefficient (Wildman–Crippen LogP) is 0.615. The number of carboxylic acid groups (broad SMARTS) is 1. The van der Waals surface area contributed by atoms with E-state index < -0.39 is 33.3 Å². The quantitative estimate of drug-likeness (QED) is 0.761. The van der Waals surface area contributed by atoms with Crippen molar-refractivity contribution in [2.45, 2.75) is 31.7 Å². The summed E-state index contributed by atoms with van der Waals surface area (Å²) < 4.78 is 23.5. The zero-order valence-electron chi connectivity index (χ0n) is 12.4. The molecule has 1 aliphatic rings. The second-order valence-corrected chi connectivity index (χ2v) is 8.88. The van der Waals surface area contributed by atoms with Crippen molar-refractivity contribution in [2.24, 2.45) is 5.92 Å². The monoisotopic (exact) mass is 338 g/mol. The van der Waals surface area contributed by atoms with Crippen LogP contribution in [-0.4, -0.2) is 66.1 Å². The van der Waals surface area contributed by atoms with E-state index in [0.717, 1.165) is 6.26 Å². The molecular formula is C12H22N2O5S2. The lowest BCUT2D eigenvalue weighted by Gasteiger charge is -2.34. The molecule has 1 aliphatic heterocycles. The van der Waals surface area contributed by atoms with Crippen LogP contribution in [0.3, 0.4) is 0 Å². The van der Waals surface area contributed by atoms with Crippen molar-refractivity contribution in [3.05, 3.63) is 0 Å². The third-order valence-electron chi connectivity index (χ3n) is 3.14. The minimum Gasteiger partial charge on any atom is -0.480 e. The first-order valence-electron chi connectivity index (χ1n) is 6.69. The van der Waals surface area contributed by atoms with Crippen LogP contribution in [0.1, 0.15) is 20.3 Å². The number of urea groups is 1. The van der Waals surface area contributed by atoms with E-state index in [2.05, 4.69) is 5.32 Å². The molecule has 1 fully saturated rings. The average Bonchev–Trinajstić information content (AvgIpc) is 2.36. The molecule has 0 saturated carbocycles. The molecule has 0 aromatic heterocycles. The fourth-order valence-electron chi connectivity index (χ4n) is 2.09. The van der Waals surface area contributed by atoms with Crippen LogP contribution in [0, 0.1) is 5.92 Å². The maximum atomic E-state index is 12.2. The molecule has 0 aromatic rings. The molecule has 7 nitrogen and oxygen atoms in total. The molecule has 0 bridgehead atoms. The Balaban J connectivity index is 2.82. The third-order valence-corrected chi connectivity index (χ3v) is 5.79. The SMILES string of the molecule is CC(C)C[C@H](NC(=O)N1CCSCC1S(C)(=O)=O)C(=O)O. The first-order chi connectivity index (χ1) is 9.62. The van der Waals surface area contributed by atoms with Gasteiger partial charge in [0.2, 0.25) is 0 Å². The summed E-state index contributed by atoms with van der Waals surface area (Å²) >= 11 is 1.47. The minimum atomic E-state index is -3.40. The van der Waals surface area contributed by atoms with Crippen molar-refractivity contribution in [2.75, 3.05) is 24.3 Å². The molecule has 0 radical (unpaired) electrons. The molecule has 2 N–H and O–H groups in total. The summed E-state index contributed by atoms with van der Waals surface area (Å²) in [6, 6.07) is -1.63. The topological polar surface area (TPSA) is 104 Å². The first-order valence-corrected chi connectivity index (χ1v) is 9.80. The van der Waals surface area contributed by atoms with Gasteiger partial charge in [-0.15, -0.1) is 0 Å². The number of hydrogen-bond donors (Lipinski definition) is 2. The summed E-state index contributed by atoms with van der Waals surface area (Å²) in [5, 5.41) is 10.7. The van der Waals surface area contributed by atoms with Crippen molar-refractivity contribution in [1.82, 2.24) is 10.2 Å². The molecule has 0 aromatic carbocycles. The first kappa shape index (κ1) is 18.1. The fourth-order valence-corrected chi connectivity index (χ4v) is 4.91. The van der Waals surface area contributed by atoms with Gasteiger partial charge in [-0.1, -0.05) is 13.8 Å². The van der Waals surface area contributed by atoms with Gasteiger partial charge in [-0.25, -0.2) is 18.0 Å². The van der Waals surface area contributed by atoms with Crippen molar-refractivity contribution in [1.29, 1.82) is 0 Å². The number of nitrogens with one attached hydrogen (secondary N) is 1. The molecule has 0 spiro atoms. The number of sulfone groups is 1. The highest BCUT2D eigenvalue weighted by atomic mass is 32.2. The molecule has 21 heavy (non-hydrogen) atoms. The Hall–Kier alpha value is -0.960. The van der Waals surface area contributed by atoms with Crippen LogP contribution >= 0.6 is 11.8 Å². The number of hydrogen-bond acceptors (Lipinski definition) is 5. The van der Waals surface area contributed by atoms with Gasteiger partial charge in [0.05, 0.1) is 0 Å². The second kappa shape index (κ2) is 7.35. The smallest absolute Gasteiger partial charge is 0.326 e. The van der Waals surface area contributed by atoms with Gasteiger partial charge in [-0.05, 0) is 12.3 Å². The van der Waals surface area contributed by atoms with Gasteiger partial charge in [0, 0.05) is 24.3 Å². The van der Waals surface area contributed by atoms with Crippen molar-refractivity contribution in [3.8, 4) is 0 Å². The van der Waals surface area contributed by atoms with Crippen LogP contribution in [-0.2, 0) is 14.6 Å². The number of aliphatic carboxylic acids is 1. The maximum absolute atomic E-state index is 12.2. The Morgan fingerprint density at radius 1 is 1.43 bits per heavy atom. The van der Waals surface area contributed by atoms with E-state index in [1.807, 2.05) is 13.8 Å². The van der Waals surface area contributed by atoms with Crippen LogP contribution in [0.25, 0.3) is 0 Å². The molecule has 1 saturated heterocycles. The Kier molecular flexibility index (Phi) is 6.33. The lowest BCUT2D eigenvalue weighted by molar-refractivity contribution is -0.139. The molecule has 1 heterocycles. The van der Waals surface area contributed by atoms with Crippen LogP contribution in [0.15, 0.2) is 0 Å². The zero-order valence-corrected chi connectivity index (χ0v) is 14.0. The summed E-state index contributed by atoms with van der Waals surface area (Å²) in [5.41, 5.74) is 0. The van der Waals surface area contributed by atoms with Gasteiger partial charge in [0.1, 0.15) is 11.4 Å². The van der Waals surface area contributed by atoms with E-state index >= 15 is 0 Å². The van der Waals surface area contributed by atoms with Crippen LogP contribution in [0.4, 0.5) is 4.79 Å². The van der Waals surface area contributed by atoms with Crippen LogP contribution in [0.5, 0.6) is 0 Å². The van der Waals surface area contributed by atoms with Crippen molar-refractivity contribution < 1.29 is 23.1 Å². The molecule has 2 amide bonds. The Morgan fingerprint density at radius 3 is 2.52 bits per heavy atom. The number of amides is 2. The van der Waals surface area contributed by atoms with Crippen LogP contribution in [0.2, 0.25) is 0 Å². The molecule has 1 rings (SSSR count). The van der Waals surface area contributed by atoms with E-state index in [4.69, 9.17) is 5.11 Å². The van der Waals surface area contributed by atoms with E-state index in [-0.39, 0.29) is 5.92 Å². The number of carbonyl (C=O) groups is 2. The summed E-state index contributed by atoms with van der Waals surface area (Å²) in [4.78, 5) is 24.6. The zero-order chi connectivity index (χ0) is 16.2. The number of carboxylic acids is 1. The largest absolute Gasteiger partial charge is 0.480 e. The third kappa shape index (κ3) is 5.39. The van der Waals surface area contributed by atoms with Gasteiger partial charge >= 0.3 is 12.0 Å². The minimum absolute atomic E-state index is 0.106. The summed E-state index contributed by atoms with van der Waals surface area (Å²) in [6.45, 7) is 4.01. The van der Waals surface area contributed by atoms with Gasteiger partial charge < -0.3 is 15.3 Å². The normalized spacial score (nSPS) is 21.1.